The van der Waals surface area contributed by atoms with Crippen molar-refractivity contribution in [2.75, 3.05) is 0 Å². The van der Waals surface area contributed by atoms with Gasteiger partial charge in [-0.1, -0.05) is 11.8 Å². The maximum atomic E-state index is 9.41. The van der Waals surface area contributed by atoms with Crippen LogP contribution in [0.4, 0.5) is 0 Å². The third-order valence-electron chi connectivity index (χ3n) is 2.52. The van der Waals surface area contributed by atoms with Gasteiger partial charge in [0.25, 0.3) is 0 Å². The fraction of sp³-hybridized carbons (Fsp3) is 0. The largest absolute Gasteiger partial charge is 0.504 e. The minimum Gasteiger partial charge on any atom is -0.504 e. The van der Waals surface area contributed by atoms with Gasteiger partial charge >= 0.3 is 0 Å². The Bertz CT molecular complexity index is 542. The molecule has 0 amide bonds. The van der Waals surface area contributed by atoms with Gasteiger partial charge in [0.05, 0.1) is 9.79 Å². The predicted molar refractivity (Wildman–Crippen MR) is 63.7 cm³/mol. The molecule has 0 unspecified atom stereocenters. The highest BCUT2D eigenvalue weighted by molar-refractivity contribution is 7.99. The van der Waals surface area contributed by atoms with Crippen molar-refractivity contribution in [3.8, 4) is 34.5 Å². The molecule has 0 atom stereocenters. The lowest BCUT2D eigenvalue weighted by atomic mass is 10.2. The van der Waals surface area contributed by atoms with Crippen molar-refractivity contribution in [1.82, 2.24) is 0 Å². The maximum Gasteiger partial charge on any atom is 0.161 e. The number of ether oxygens (including phenoxy) is 1. The molecule has 0 bridgehead atoms. The third kappa shape index (κ3) is 1.58. The Kier molecular flexibility index (Phi) is 2.21. The summed E-state index contributed by atoms with van der Waals surface area (Å²) in [6.07, 6.45) is 0. The molecule has 2 aromatic rings. The van der Waals surface area contributed by atoms with Crippen LogP contribution in [0.25, 0.3) is 0 Å². The van der Waals surface area contributed by atoms with Crippen molar-refractivity contribution in [2.45, 2.75) is 9.79 Å². The summed E-state index contributed by atoms with van der Waals surface area (Å²) in [6, 6.07) is 5.35. The number of fused-ring (bicyclic) bond motifs is 2. The molecule has 0 fully saturated rings. The molecule has 0 aromatic heterocycles. The van der Waals surface area contributed by atoms with Crippen LogP contribution in [0.3, 0.4) is 0 Å². The van der Waals surface area contributed by atoms with Gasteiger partial charge in [0.1, 0.15) is 11.5 Å². The Morgan fingerprint density at radius 2 is 1.06 bits per heavy atom. The van der Waals surface area contributed by atoms with Crippen LogP contribution in [0.15, 0.2) is 34.1 Å². The first-order valence-corrected chi connectivity index (χ1v) is 5.84. The van der Waals surface area contributed by atoms with Gasteiger partial charge in [-0.05, 0) is 0 Å². The van der Waals surface area contributed by atoms with E-state index in [1.54, 1.807) is 0 Å². The van der Waals surface area contributed by atoms with Gasteiger partial charge in [-0.3, -0.25) is 0 Å². The van der Waals surface area contributed by atoms with Gasteiger partial charge in [0.15, 0.2) is 23.0 Å². The summed E-state index contributed by atoms with van der Waals surface area (Å²) >= 11 is 1.26. The fourth-order valence-electron chi connectivity index (χ4n) is 1.63. The summed E-state index contributed by atoms with van der Waals surface area (Å²) in [5.41, 5.74) is 0. The van der Waals surface area contributed by atoms with Crippen LogP contribution in [0.2, 0.25) is 0 Å². The van der Waals surface area contributed by atoms with E-state index in [1.165, 1.54) is 36.0 Å². The molecular formula is C12H8O5S. The molecule has 6 heteroatoms. The molecular weight excluding hydrogens is 256 g/mol. The molecule has 4 N–H and O–H groups in total. The first-order chi connectivity index (χ1) is 8.54. The van der Waals surface area contributed by atoms with Gasteiger partial charge in [-0.15, -0.1) is 0 Å². The Morgan fingerprint density at radius 1 is 0.667 bits per heavy atom. The topological polar surface area (TPSA) is 90.2 Å². The van der Waals surface area contributed by atoms with Gasteiger partial charge in [-0.25, -0.2) is 0 Å². The van der Waals surface area contributed by atoms with Crippen molar-refractivity contribution >= 4 is 11.8 Å². The summed E-state index contributed by atoms with van der Waals surface area (Å²) in [5, 5.41) is 37.6. The Morgan fingerprint density at radius 3 is 1.50 bits per heavy atom. The number of hydrogen-bond donors (Lipinski definition) is 4. The summed E-state index contributed by atoms with van der Waals surface area (Å²) in [7, 11) is 0. The quantitative estimate of drug-likeness (QED) is 0.467. The molecule has 18 heavy (non-hydrogen) atoms. The van der Waals surface area contributed by atoms with Crippen LogP contribution in [0.1, 0.15) is 0 Å². The second-order valence-corrected chi connectivity index (χ2v) is 4.86. The molecule has 1 heterocycles. The van der Waals surface area contributed by atoms with E-state index < -0.39 is 0 Å². The first-order valence-electron chi connectivity index (χ1n) is 5.02. The number of phenolic OH excluding ortho intramolecular Hbond substituents is 4. The standard InChI is InChI=1S/C12H8O5S/c13-5-1-9-11(3-7(5)15)18-12-4-8(16)6(14)2-10(12)17-9/h1-4,13-16H. The zero-order valence-electron chi connectivity index (χ0n) is 8.91. The van der Waals surface area contributed by atoms with Crippen molar-refractivity contribution in [3.63, 3.8) is 0 Å². The molecule has 1 aliphatic heterocycles. The second-order valence-electron chi connectivity index (χ2n) is 3.78. The highest BCUT2D eigenvalue weighted by Gasteiger charge is 2.22. The lowest BCUT2D eigenvalue weighted by Gasteiger charge is -2.20. The summed E-state index contributed by atoms with van der Waals surface area (Å²) in [4.78, 5) is 1.23. The zero-order chi connectivity index (χ0) is 12.9. The molecule has 1 aliphatic rings. The monoisotopic (exact) mass is 264 g/mol. The van der Waals surface area contributed by atoms with Crippen LogP contribution < -0.4 is 4.74 Å². The zero-order valence-corrected chi connectivity index (χ0v) is 9.73. The highest BCUT2D eigenvalue weighted by atomic mass is 32.2. The molecule has 92 valence electrons. The average Bonchev–Trinajstić information content (AvgIpc) is 2.31. The van der Waals surface area contributed by atoms with E-state index in [-0.39, 0.29) is 23.0 Å². The minimum absolute atomic E-state index is 0.240. The Labute approximate surface area is 106 Å². The van der Waals surface area contributed by atoms with Crippen molar-refractivity contribution in [1.29, 1.82) is 0 Å². The van der Waals surface area contributed by atoms with E-state index in [2.05, 4.69) is 0 Å². The molecule has 0 spiro atoms. The Hall–Kier alpha value is -2.21. The third-order valence-corrected chi connectivity index (χ3v) is 3.60. The van der Waals surface area contributed by atoms with Crippen molar-refractivity contribution < 1.29 is 25.2 Å². The van der Waals surface area contributed by atoms with Crippen LogP contribution in [0, 0.1) is 0 Å². The van der Waals surface area contributed by atoms with Gasteiger partial charge in [-0.2, -0.15) is 0 Å². The van der Waals surface area contributed by atoms with E-state index >= 15 is 0 Å². The molecule has 3 rings (SSSR count). The van der Waals surface area contributed by atoms with Crippen LogP contribution >= 0.6 is 11.8 Å². The smallest absolute Gasteiger partial charge is 0.161 e. The lowest BCUT2D eigenvalue weighted by Crippen LogP contribution is -1.94. The van der Waals surface area contributed by atoms with Crippen LogP contribution in [-0.2, 0) is 0 Å². The van der Waals surface area contributed by atoms with E-state index in [9.17, 15) is 20.4 Å². The number of aromatic hydroxyl groups is 4. The van der Waals surface area contributed by atoms with Crippen LogP contribution in [-0.4, -0.2) is 20.4 Å². The first kappa shape index (κ1) is 10.9. The summed E-state index contributed by atoms with van der Waals surface area (Å²) in [6.45, 7) is 0. The van der Waals surface area contributed by atoms with Gasteiger partial charge in [0, 0.05) is 24.3 Å². The number of hydrogen-bond acceptors (Lipinski definition) is 6. The molecule has 0 saturated carbocycles. The van der Waals surface area contributed by atoms with E-state index in [0.717, 1.165) is 0 Å². The normalized spacial score (nSPS) is 12.4. The number of rotatable bonds is 0. The number of phenols is 4. The molecule has 5 nitrogen and oxygen atoms in total. The second kappa shape index (κ2) is 3.64. The van der Waals surface area contributed by atoms with E-state index in [0.29, 0.717) is 21.3 Å². The molecule has 0 aliphatic carbocycles. The molecule has 0 saturated heterocycles. The highest BCUT2D eigenvalue weighted by Crippen LogP contribution is 2.52. The van der Waals surface area contributed by atoms with Crippen molar-refractivity contribution in [2.24, 2.45) is 0 Å². The van der Waals surface area contributed by atoms with Gasteiger partial charge < -0.3 is 25.2 Å². The van der Waals surface area contributed by atoms with Crippen LogP contribution in [0.5, 0.6) is 34.5 Å². The summed E-state index contributed by atoms with van der Waals surface area (Å²) < 4.78 is 5.49. The molecule has 2 aromatic carbocycles. The number of benzene rings is 2. The Balaban J connectivity index is 2.12. The fourth-order valence-corrected chi connectivity index (χ4v) is 2.61. The summed E-state index contributed by atoms with van der Waals surface area (Å²) in [5.74, 6) is -0.269. The van der Waals surface area contributed by atoms with Crippen molar-refractivity contribution in [3.05, 3.63) is 24.3 Å². The molecule has 0 radical (unpaired) electrons. The predicted octanol–water partition coefficient (Wildman–Crippen LogP) is 2.77. The van der Waals surface area contributed by atoms with E-state index in [4.69, 9.17) is 4.74 Å². The average molecular weight is 264 g/mol. The lowest BCUT2D eigenvalue weighted by molar-refractivity contribution is 0.383. The van der Waals surface area contributed by atoms with E-state index in [1.807, 2.05) is 0 Å². The SMILES string of the molecule is Oc1cc2c(cc1O)Sc1cc(O)c(O)cc1O2. The van der Waals surface area contributed by atoms with Gasteiger partial charge in [0.2, 0.25) is 0 Å². The minimum atomic E-state index is -0.277. The maximum absolute atomic E-state index is 9.41.